The van der Waals surface area contributed by atoms with Crippen molar-refractivity contribution >= 4 is 117 Å². The van der Waals surface area contributed by atoms with E-state index in [1.165, 1.54) is 5.56 Å². The van der Waals surface area contributed by atoms with Gasteiger partial charge in [-0.1, -0.05) is 41.6 Å². The molecule has 46 heteroatoms. The fraction of sp³-hybridized carbons (Fsp3) is 0.652. The number of thiocarbonyl (C=S) groups is 1. The van der Waals surface area contributed by atoms with Gasteiger partial charge in [0.1, 0.15) is 23.8 Å². The molecule has 1 aliphatic heterocycles. The Labute approximate surface area is 826 Å². The van der Waals surface area contributed by atoms with Gasteiger partial charge < -0.3 is 141 Å². The van der Waals surface area contributed by atoms with Gasteiger partial charge >= 0.3 is 41.9 Å². The molecule has 8 amide bonds. The van der Waals surface area contributed by atoms with Crippen LogP contribution in [0.5, 0.6) is 0 Å². The highest BCUT2D eigenvalue weighted by molar-refractivity contribution is 14.1. The molecule has 2 heterocycles. The number of aromatic nitrogens is 3. The summed E-state index contributed by atoms with van der Waals surface area (Å²) in [6, 6.07) is 18.9. The second kappa shape index (κ2) is 75.3. The topological polar surface area (TPSA) is 554 Å². The molecule has 1 saturated heterocycles. The van der Waals surface area contributed by atoms with Gasteiger partial charge in [0.15, 0.2) is 5.11 Å². The first kappa shape index (κ1) is 119. The second-order valence-corrected chi connectivity index (χ2v) is 34.2. The predicted molar refractivity (Wildman–Crippen MR) is 523 cm³/mol. The van der Waals surface area contributed by atoms with Crippen LogP contribution >= 0.6 is 34.8 Å². The molecule has 1 aromatic heterocycles. The van der Waals surface area contributed by atoms with Gasteiger partial charge in [0.2, 0.25) is 23.6 Å². The quantitative estimate of drug-likeness (QED) is 0.0170. The fourth-order valence-electron chi connectivity index (χ4n) is 13.7. The van der Waals surface area contributed by atoms with E-state index in [4.69, 9.17) is 69.4 Å². The van der Waals surface area contributed by atoms with Crippen LogP contribution in [-0.2, 0) is 115 Å². The van der Waals surface area contributed by atoms with E-state index in [1.807, 2.05) is 66.4 Å². The van der Waals surface area contributed by atoms with Crippen molar-refractivity contribution in [2.75, 3.05) is 262 Å². The van der Waals surface area contributed by atoms with E-state index in [2.05, 4.69) is 108 Å². The van der Waals surface area contributed by atoms with Crippen molar-refractivity contribution < 1.29 is 130 Å². The van der Waals surface area contributed by atoms with E-state index in [9.17, 15) is 73.2 Å². The molecule has 138 heavy (non-hydrogen) atoms. The van der Waals surface area contributed by atoms with E-state index < -0.39 is 65.9 Å². The smallest absolute Gasteiger partial charge is 0.326 e. The van der Waals surface area contributed by atoms with E-state index in [0.717, 1.165) is 40.8 Å². The van der Waals surface area contributed by atoms with Crippen molar-refractivity contribution in [2.45, 2.75) is 140 Å². The number of aryl methyl sites for hydroxylation is 1. The summed E-state index contributed by atoms with van der Waals surface area (Å²) >= 11 is 7.92. The lowest BCUT2D eigenvalue weighted by molar-refractivity contribution is -0.142. The van der Waals surface area contributed by atoms with Gasteiger partial charge in [0, 0.05) is 131 Å². The standard InChI is InChI=1S/C92H146IN17O27S/c1-106-35-37-107(2)76(66-109(69-86(118)119)40-39-108(38-36-106)68-85(116)117)64-71-22-26-74(27-23-71)100-92(138)98-32-8-3-15-77(101-82(112)28-42-127-46-50-131-53-49-130-45-41-110-67-80(104-105-110)72-13-10-14-75(65-72)99-90(125)96-31-7-5-17-79(89(123)124)103-91(126)97-33-11-19-84(114)115)87(120)95-34-44-129-48-52-133-55-57-135-59-61-137-63-62-136-60-58-134-56-54-132-51-47-128-43-29-83(113)102-78(88(121)122)16-4-6-30-94-81(111)18-9-12-70-20-24-73(93)25-21-70/h10,13-14,20-27,65,67,76-79H,3-9,11-12,15-19,28-64,66,68-69H2,1-2H3,(H,94,111)(H,95,120)(H,101,112)(H,102,113)(H,114,115)(H,116,117)(H,118,119)(H,121,122)(H,123,124)(H2,96,99,125)(H2,97,103,126)(H2,98,100,138)/t76?,77-,78-,79-/m0/s1. The maximum absolute atomic E-state index is 13.7. The Kier molecular flexibility index (Phi) is 64.9. The average Bonchev–Trinajstić information content (AvgIpc) is 1.68. The first-order valence-corrected chi connectivity index (χ1v) is 48.7. The molecule has 1 fully saturated rings. The number of hydrogen-bond donors (Lipinski definition) is 15. The van der Waals surface area contributed by atoms with Crippen LogP contribution in [0.4, 0.5) is 21.0 Å². The van der Waals surface area contributed by atoms with Gasteiger partial charge in [-0.05, 0) is 180 Å². The molecule has 5 rings (SSSR count). The molecule has 4 aromatic rings. The van der Waals surface area contributed by atoms with E-state index in [-0.39, 0.29) is 154 Å². The number of anilines is 2. The minimum absolute atomic E-state index is 0.00358. The summed E-state index contributed by atoms with van der Waals surface area (Å²) in [4.78, 5) is 142. The van der Waals surface area contributed by atoms with E-state index in [0.29, 0.717) is 218 Å². The first-order chi connectivity index (χ1) is 66.8. The number of nitrogens with zero attached hydrogens (tertiary/aromatic N) is 7. The predicted octanol–water partition coefficient (Wildman–Crippen LogP) is 3.62. The zero-order valence-electron chi connectivity index (χ0n) is 79.6. The minimum Gasteiger partial charge on any atom is -0.481 e. The molecule has 15 N–H and O–H groups in total. The van der Waals surface area contributed by atoms with Crippen molar-refractivity contribution in [2.24, 2.45) is 0 Å². The first-order valence-electron chi connectivity index (χ1n) is 47.2. The summed E-state index contributed by atoms with van der Waals surface area (Å²) in [5.74, 6) is -6.42. The summed E-state index contributed by atoms with van der Waals surface area (Å²) in [7, 11) is 4.06. The minimum atomic E-state index is -1.22. The van der Waals surface area contributed by atoms with Crippen LogP contribution < -0.4 is 53.2 Å². The summed E-state index contributed by atoms with van der Waals surface area (Å²) < 4.78 is 64.6. The normalized spacial score (nSPS) is 14.2. The Morgan fingerprint density at radius 1 is 0.428 bits per heavy atom. The Morgan fingerprint density at radius 3 is 1.46 bits per heavy atom. The van der Waals surface area contributed by atoms with Gasteiger partial charge in [0.05, 0.1) is 171 Å². The Hall–Kier alpha value is -9.61. The number of hydrogen-bond acceptors (Lipinski definition) is 29. The van der Waals surface area contributed by atoms with Crippen LogP contribution in [0.1, 0.15) is 107 Å². The van der Waals surface area contributed by atoms with Crippen LogP contribution in [0, 0.1) is 3.57 Å². The number of carboxylic acids is 5. The highest BCUT2D eigenvalue weighted by Crippen LogP contribution is 2.22. The van der Waals surface area contributed by atoms with Crippen LogP contribution in [-0.4, -0.2) is 406 Å². The van der Waals surface area contributed by atoms with Gasteiger partial charge in [-0.2, -0.15) is 0 Å². The number of halogens is 1. The molecule has 0 saturated carbocycles. The molecular formula is C92H146IN17O27S. The number of benzene rings is 3. The largest absolute Gasteiger partial charge is 0.481 e. The third-order valence-corrected chi connectivity index (χ3v) is 22.3. The number of nitrogens with one attached hydrogen (secondary N) is 10. The van der Waals surface area contributed by atoms with Crippen molar-refractivity contribution in [3.63, 3.8) is 0 Å². The van der Waals surface area contributed by atoms with Gasteiger partial charge in [-0.3, -0.25) is 43.4 Å². The molecule has 774 valence electrons. The monoisotopic (exact) mass is 2080 g/mol. The molecule has 0 aliphatic carbocycles. The lowest BCUT2D eigenvalue weighted by atomic mass is 10.0. The summed E-state index contributed by atoms with van der Waals surface area (Å²) in [5, 5.41) is 84.1. The molecule has 44 nitrogen and oxygen atoms in total. The van der Waals surface area contributed by atoms with Crippen LogP contribution in [0.3, 0.4) is 0 Å². The Balaban J connectivity index is 0.908. The fourth-order valence-corrected chi connectivity index (χ4v) is 14.2. The lowest BCUT2D eigenvalue weighted by Gasteiger charge is -2.36. The third-order valence-electron chi connectivity index (χ3n) is 21.3. The molecule has 4 atom stereocenters. The number of urea groups is 2. The van der Waals surface area contributed by atoms with Crippen molar-refractivity contribution in [1.82, 2.24) is 77.1 Å². The number of carbonyl (C=O) groups excluding carboxylic acids is 6. The number of amides is 8. The zero-order chi connectivity index (χ0) is 99.8. The van der Waals surface area contributed by atoms with Crippen LogP contribution in [0.25, 0.3) is 11.3 Å². The lowest BCUT2D eigenvalue weighted by Crippen LogP contribution is -2.50. The summed E-state index contributed by atoms with van der Waals surface area (Å²) in [6.07, 6.45) is 8.22. The number of carboxylic acid groups (broad SMARTS) is 5. The second-order valence-electron chi connectivity index (χ2n) is 32.6. The summed E-state index contributed by atoms with van der Waals surface area (Å²) in [5.41, 5.74) is 4.75. The SMILES string of the molecule is CN1CCN(CC(=O)O)CCN(CC(=O)O)CC(Cc2ccc(NC(=S)NCCCC[C@H](NC(=O)CCOCCOCCOCCn3cc(-c4cccc(NC(=O)NCCCC[C@H](NC(=O)NCCCC(=O)O)C(=O)O)c4)nn3)C(=O)NCCOCCOCCOCCOCCOCCOCCOCCOCCC(=O)N[C@@H](CCCCNC(=O)CCCc3ccc(I)cc3)C(=O)O)cc2)N(C)CC1. The van der Waals surface area contributed by atoms with Crippen LogP contribution in [0.15, 0.2) is 79.0 Å². The molecule has 0 bridgehead atoms. The average molecular weight is 2080 g/mol. The zero-order valence-corrected chi connectivity index (χ0v) is 82.6. The van der Waals surface area contributed by atoms with Gasteiger partial charge in [-0.25, -0.2) is 23.9 Å². The highest BCUT2D eigenvalue weighted by Gasteiger charge is 2.27. The molecule has 0 radical (unpaired) electrons. The number of likely N-dealkylation sites (N-methyl/N-ethyl adjacent to an activating group) is 2. The van der Waals surface area contributed by atoms with Crippen molar-refractivity contribution in [3.05, 3.63) is 93.7 Å². The molecule has 1 aliphatic rings. The molecule has 0 spiro atoms. The van der Waals surface area contributed by atoms with Crippen LogP contribution in [0.2, 0.25) is 0 Å². The van der Waals surface area contributed by atoms with Crippen molar-refractivity contribution in [1.29, 1.82) is 0 Å². The number of rotatable bonds is 77. The Morgan fingerprint density at radius 2 is 0.899 bits per heavy atom. The number of ether oxygens (including phenoxy) is 11. The number of unbranched alkanes of at least 4 members (excludes halogenated alkanes) is 3. The molecular weight excluding hydrogens is 1930 g/mol. The van der Waals surface area contributed by atoms with Crippen molar-refractivity contribution in [3.8, 4) is 11.3 Å². The van der Waals surface area contributed by atoms with Gasteiger partial charge in [0.25, 0.3) is 0 Å². The molecule has 3 aromatic carbocycles. The van der Waals surface area contributed by atoms with E-state index >= 15 is 0 Å². The molecule has 1 unspecified atom stereocenters. The van der Waals surface area contributed by atoms with E-state index in [1.54, 1.807) is 29.1 Å². The number of carbonyl (C=O) groups is 11. The maximum Gasteiger partial charge on any atom is 0.326 e. The summed E-state index contributed by atoms with van der Waals surface area (Å²) in [6.45, 7) is 12.0. The maximum atomic E-state index is 13.7. The highest BCUT2D eigenvalue weighted by atomic mass is 127. The third kappa shape index (κ3) is 60.4. The number of aliphatic carboxylic acids is 5. The van der Waals surface area contributed by atoms with Gasteiger partial charge in [-0.15, -0.1) is 5.10 Å². The Bertz CT molecular complexity index is 4120.